The lowest BCUT2D eigenvalue weighted by atomic mass is 10.1. The molecule has 1 fully saturated rings. The third-order valence-electron chi connectivity index (χ3n) is 4.90. The van der Waals surface area contributed by atoms with Crippen LogP contribution >= 0.6 is 0 Å². The van der Waals surface area contributed by atoms with E-state index in [1.54, 1.807) is 0 Å². The Hall–Kier alpha value is -1.63. The second-order valence-electron chi connectivity index (χ2n) is 8.23. The van der Waals surface area contributed by atoms with Gasteiger partial charge in [0.1, 0.15) is 12.4 Å². The normalized spacial score (nSPS) is 19.5. The van der Waals surface area contributed by atoms with Crippen LogP contribution in [0.1, 0.15) is 65.0 Å². The predicted octanol–water partition coefficient (Wildman–Crippen LogP) is 2.36. The highest BCUT2D eigenvalue weighted by Gasteiger charge is 2.25. The zero-order valence-corrected chi connectivity index (χ0v) is 16.8. The molecule has 2 aliphatic rings. The van der Waals surface area contributed by atoms with Crippen molar-refractivity contribution in [2.45, 2.75) is 84.6 Å². The van der Waals surface area contributed by atoms with Crippen LogP contribution in [0.2, 0.25) is 0 Å². The maximum Gasteiger partial charge on any atom is 0.194 e. The third kappa shape index (κ3) is 4.96. The SMILES string of the molecule is CCNC(=NCc1nnc2n1CCCC2)N1CCC(OC(C)(C)C)CC1. The summed E-state index contributed by atoms with van der Waals surface area (Å²) in [5.41, 5.74) is -0.0712. The van der Waals surface area contributed by atoms with Gasteiger partial charge >= 0.3 is 0 Å². The molecule has 7 heteroatoms. The lowest BCUT2D eigenvalue weighted by molar-refractivity contribution is -0.0772. The minimum Gasteiger partial charge on any atom is -0.372 e. The Bertz CT molecular complexity index is 610. The van der Waals surface area contributed by atoms with E-state index in [0.717, 1.165) is 63.0 Å². The molecule has 146 valence electrons. The number of rotatable bonds is 4. The molecule has 1 saturated heterocycles. The second-order valence-corrected chi connectivity index (χ2v) is 8.23. The Morgan fingerprint density at radius 2 is 1.96 bits per heavy atom. The standard InChI is InChI=1S/C19H34N6O/c1-5-20-18(24-12-9-15(10-13-24)26-19(2,3)4)21-14-17-23-22-16-8-6-7-11-25(16)17/h15H,5-14H2,1-4H3,(H,20,21). The summed E-state index contributed by atoms with van der Waals surface area (Å²) in [6.07, 6.45) is 5.90. The summed E-state index contributed by atoms with van der Waals surface area (Å²) in [7, 11) is 0. The predicted molar refractivity (Wildman–Crippen MR) is 103 cm³/mol. The number of hydrogen-bond acceptors (Lipinski definition) is 4. The number of aryl methyl sites for hydroxylation is 1. The van der Waals surface area contributed by atoms with E-state index in [1.807, 2.05) is 0 Å². The number of aliphatic imine (C=N–C) groups is 1. The number of fused-ring (bicyclic) bond motifs is 1. The van der Waals surface area contributed by atoms with Crippen LogP contribution < -0.4 is 5.32 Å². The number of guanidine groups is 1. The Kier molecular flexibility index (Phi) is 6.16. The van der Waals surface area contributed by atoms with Crippen molar-refractivity contribution in [2.24, 2.45) is 4.99 Å². The van der Waals surface area contributed by atoms with Crippen molar-refractivity contribution in [3.63, 3.8) is 0 Å². The van der Waals surface area contributed by atoms with Crippen LogP contribution in [0, 0.1) is 0 Å². The largest absolute Gasteiger partial charge is 0.372 e. The van der Waals surface area contributed by atoms with Crippen molar-refractivity contribution in [1.29, 1.82) is 0 Å². The van der Waals surface area contributed by atoms with Crippen LogP contribution in [0.15, 0.2) is 4.99 Å². The molecule has 0 bridgehead atoms. The highest BCUT2D eigenvalue weighted by Crippen LogP contribution is 2.20. The highest BCUT2D eigenvalue weighted by atomic mass is 16.5. The van der Waals surface area contributed by atoms with Crippen molar-refractivity contribution in [3.05, 3.63) is 11.6 Å². The van der Waals surface area contributed by atoms with E-state index in [0.29, 0.717) is 12.6 Å². The van der Waals surface area contributed by atoms with E-state index >= 15 is 0 Å². The van der Waals surface area contributed by atoms with Crippen LogP contribution in [0.5, 0.6) is 0 Å². The maximum atomic E-state index is 6.14. The number of nitrogens with zero attached hydrogens (tertiary/aromatic N) is 5. The van der Waals surface area contributed by atoms with Gasteiger partial charge in [0, 0.05) is 32.6 Å². The average Bonchev–Trinajstić information content (AvgIpc) is 3.01. The molecule has 3 rings (SSSR count). The molecule has 3 heterocycles. The number of nitrogens with one attached hydrogen (secondary N) is 1. The minimum atomic E-state index is -0.0712. The third-order valence-corrected chi connectivity index (χ3v) is 4.90. The van der Waals surface area contributed by atoms with Crippen molar-refractivity contribution in [1.82, 2.24) is 25.0 Å². The molecule has 7 nitrogen and oxygen atoms in total. The van der Waals surface area contributed by atoms with Crippen LogP contribution in [0.4, 0.5) is 0 Å². The molecule has 0 unspecified atom stereocenters. The molecule has 0 radical (unpaired) electrons. The van der Waals surface area contributed by atoms with E-state index in [1.165, 1.54) is 12.8 Å². The maximum absolute atomic E-state index is 6.14. The van der Waals surface area contributed by atoms with Gasteiger partial charge in [0.05, 0.1) is 11.7 Å². The average molecular weight is 363 g/mol. The first-order valence-corrected chi connectivity index (χ1v) is 10.1. The van der Waals surface area contributed by atoms with E-state index in [-0.39, 0.29) is 5.60 Å². The Labute approximate surface area is 157 Å². The first-order chi connectivity index (χ1) is 12.5. The zero-order chi connectivity index (χ0) is 18.6. The highest BCUT2D eigenvalue weighted by molar-refractivity contribution is 5.80. The molecule has 0 aromatic carbocycles. The van der Waals surface area contributed by atoms with E-state index in [9.17, 15) is 0 Å². The van der Waals surface area contributed by atoms with Crippen LogP contribution in [-0.2, 0) is 24.2 Å². The summed E-state index contributed by atoms with van der Waals surface area (Å²) in [5.74, 6) is 3.09. The fourth-order valence-electron chi connectivity index (χ4n) is 3.74. The monoisotopic (exact) mass is 362 g/mol. The van der Waals surface area contributed by atoms with Gasteiger partial charge in [-0.1, -0.05) is 0 Å². The van der Waals surface area contributed by atoms with Crippen molar-refractivity contribution < 1.29 is 4.74 Å². The second kappa shape index (κ2) is 8.37. The molecule has 1 aromatic heterocycles. The molecule has 26 heavy (non-hydrogen) atoms. The van der Waals surface area contributed by atoms with Gasteiger partial charge < -0.3 is 19.5 Å². The summed E-state index contributed by atoms with van der Waals surface area (Å²) >= 11 is 0. The summed E-state index contributed by atoms with van der Waals surface area (Å²) in [4.78, 5) is 7.20. The number of hydrogen-bond donors (Lipinski definition) is 1. The summed E-state index contributed by atoms with van der Waals surface area (Å²) in [6.45, 7) is 12.9. The molecule has 0 saturated carbocycles. The van der Waals surface area contributed by atoms with Crippen LogP contribution in [0.3, 0.4) is 0 Å². The van der Waals surface area contributed by atoms with Crippen LogP contribution in [0.25, 0.3) is 0 Å². The van der Waals surface area contributed by atoms with Gasteiger partial charge in [0.2, 0.25) is 0 Å². The first-order valence-electron chi connectivity index (χ1n) is 10.1. The molecule has 2 aliphatic heterocycles. The molecular formula is C19H34N6O. The molecule has 1 N–H and O–H groups in total. The molecule has 0 aliphatic carbocycles. The fourth-order valence-corrected chi connectivity index (χ4v) is 3.74. The molecule has 0 spiro atoms. The Morgan fingerprint density at radius 3 is 2.65 bits per heavy atom. The zero-order valence-electron chi connectivity index (χ0n) is 16.8. The summed E-state index contributed by atoms with van der Waals surface area (Å²) in [6, 6.07) is 0. The van der Waals surface area contributed by atoms with Gasteiger partial charge in [-0.15, -0.1) is 10.2 Å². The summed E-state index contributed by atoms with van der Waals surface area (Å²) < 4.78 is 8.39. The van der Waals surface area contributed by atoms with E-state index < -0.39 is 0 Å². The number of aromatic nitrogens is 3. The molecule has 1 aromatic rings. The van der Waals surface area contributed by atoms with Crippen molar-refractivity contribution >= 4 is 5.96 Å². The lowest BCUT2D eigenvalue weighted by Crippen LogP contribution is -2.48. The smallest absolute Gasteiger partial charge is 0.194 e. The topological polar surface area (TPSA) is 67.6 Å². The first kappa shape index (κ1) is 19.1. The molecule has 0 amide bonds. The van der Waals surface area contributed by atoms with Crippen molar-refractivity contribution in [3.8, 4) is 0 Å². The van der Waals surface area contributed by atoms with E-state index in [2.05, 4.69) is 52.7 Å². The minimum absolute atomic E-state index is 0.0712. The van der Waals surface area contributed by atoms with Gasteiger partial charge in [0.15, 0.2) is 11.8 Å². The van der Waals surface area contributed by atoms with Gasteiger partial charge in [-0.3, -0.25) is 0 Å². The number of ether oxygens (including phenoxy) is 1. The number of likely N-dealkylation sites (tertiary alicyclic amines) is 1. The Balaban J connectivity index is 1.60. The van der Waals surface area contributed by atoms with Gasteiger partial charge in [-0.2, -0.15) is 0 Å². The number of piperidine rings is 1. The quantitative estimate of drug-likeness (QED) is 0.658. The summed E-state index contributed by atoms with van der Waals surface area (Å²) in [5, 5.41) is 12.1. The van der Waals surface area contributed by atoms with Gasteiger partial charge in [0.25, 0.3) is 0 Å². The van der Waals surface area contributed by atoms with Crippen molar-refractivity contribution in [2.75, 3.05) is 19.6 Å². The van der Waals surface area contributed by atoms with E-state index in [4.69, 9.17) is 9.73 Å². The lowest BCUT2D eigenvalue weighted by Gasteiger charge is -2.37. The van der Waals surface area contributed by atoms with Gasteiger partial charge in [-0.05, 0) is 53.4 Å². The fraction of sp³-hybridized carbons (Fsp3) is 0.842. The van der Waals surface area contributed by atoms with Gasteiger partial charge in [-0.25, -0.2) is 4.99 Å². The molecule has 0 atom stereocenters. The Morgan fingerprint density at radius 1 is 1.19 bits per heavy atom. The molecular weight excluding hydrogens is 328 g/mol. The van der Waals surface area contributed by atoms with Crippen LogP contribution in [-0.4, -0.2) is 57.0 Å².